The zero-order valence-electron chi connectivity index (χ0n) is 16.8. The molecule has 0 bridgehead atoms. The summed E-state index contributed by atoms with van der Waals surface area (Å²) >= 11 is 0. The number of rotatable bonds is 9. The third kappa shape index (κ3) is 5.34. The van der Waals surface area contributed by atoms with E-state index in [0.717, 1.165) is 17.5 Å². The molecule has 0 saturated heterocycles. The van der Waals surface area contributed by atoms with Crippen molar-refractivity contribution in [3.8, 4) is 5.75 Å². The van der Waals surface area contributed by atoms with Crippen molar-refractivity contribution < 1.29 is 23.8 Å². The molecule has 0 unspecified atom stereocenters. The summed E-state index contributed by atoms with van der Waals surface area (Å²) in [4.78, 5) is 34.7. The molecule has 0 fully saturated rings. The zero-order chi connectivity index (χ0) is 20.8. The van der Waals surface area contributed by atoms with Crippen LogP contribution in [0, 0.1) is 20.8 Å². The first kappa shape index (κ1) is 21.5. The van der Waals surface area contributed by atoms with Crippen LogP contribution in [-0.4, -0.2) is 29.6 Å². The van der Waals surface area contributed by atoms with E-state index in [4.69, 9.17) is 14.3 Å². The monoisotopic (exact) mass is 389 g/mol. The normalized spacial score (nSPS) is 12.0. The summed E-state index contributed by atoms with van der Waals surface area (Å²) in [6.07, 6.45) is 1.46. The van der Waals surface area contributed by atoms with Gasteiger partial charge in [-0.05, 0) is 63.8 Å². The summed E-state index contributed by atoms with van der Waals surface area (Å²) in [5, 5.41) is 12.1. The summed E-state index contributed by atoms with van der Waals surface area (Å²) in [6.45, 7) is 7.52. The van der Waals surface area contributed by atoms with Gasteiger partial charge in [0.25, 0.3) is 5.91 Å². The maximum absolute atomic E-state index is 12.3. The molecule has 0 spiro atoms. The molecule has 7 heteroatoms. The number of aliphatic carboxylic acids is 1. The fourth-order valence-corrected chi connectivity index (χ4v) is 2.96. The molecular weight excluding hydrogens is 362 g/mol. The first-order valence-corrected chi connectivity index (χ1v) is 9.41. The van der Waals surface area contributed by atoms with Crippen molar-refractivity contribution >= 4 is 22.8 Å². The van der Waals surface area contributed by atoms with Crippen LogP contribution < -0.4 is 15.7 Å². The Morgan fingerprint density at radius 1 is 1.14 bits per heavy atom. The molecule has 0 aliphatic heterocycles. The Kier molecular flexibility index (Phi) is 7.20. The van der Waals surface area contributed by atoms with E-state index in [1.165, 1.54) is 0 Å². The van der Waals surface area contributed by atoms with Crippen molar-refractivity contribution in [3.05, 3.63) is 39.2 Å². The van der Waals surface area contributed by atoms with Crippen LogP contribution in [-0.2, 0) is 9.59 Å². The average molecular weight is 389 g/mol. The molecular formula is C21H27NO6. The molecule has 28 heavy (non-hydrogen) atoms. The number of carbonyl (C=O) groups excluding carboxylic acids is 1. The van der Waals surface area contributed by atoms with E-state index in [-0.39, 0.29) is 18.0 Å². The fraction of sp³-hybridized carbons (Fsp3) is 0.476. The molecule has 1 heterocycles. The number of unbranched alkanes of at least 4 members (excludes halogenated alkanes) is 2. The van der Waals surface area contributed by atoms with Crippen molar-refractivity contribution in [2.45, 2.75) is 59.5 Å². The second kappa shape index (κ2) is 9.39. The summed E-state index contributed by atoms with van der Waals surface area (Å²) in [6, 6.07) is 3.60. The van der Waals surface area contributed by atoms with Crippen LogP contribution in [0.3, 0.4) is 0 Å². The third-order valence-corrected chi connectivity index (χ3v) is 4.70. The highest BCUT2D eigenvalue weighted by molar-refractivity contribution is 5.89. The number of fused-ring (bicyclic) bond motifs is 1. The fourth-order valence-electron chi connectivity index (χ4n) is 2.96. The highest BCUT2D eigenvalue weighted by atomic mass is 16.5. The molecule has 1 amide bonds. The van der Waals surface area contributed by atoms with E-state index in [1.807, 2.05) is 19.9 Å². The lowest BCUT2D eigenvalue weighted by Crippen LogP contribution is -2.36. The Labute approximate surface area is 163 Å². The lowest BCUT2D eigenvalue weighted by molar-refractivity contribution is -0.137. The lowest BCUT2D eigenvalue weighted by Gasteiger charge is -2.18. The number of amides is 1. The van der Waals surface area contributed by atoms with Crippen molar-refractivity contribution in [1.29, 1.82) is 0 Å². The van der Waals surface area contributed by atoms with Crippen molar-refractivity contribution in [2.75, 3.05) is 6.54 Å². The number of carboxylic acids is 1. The standard InChI is InChI=1S/C21H27NO6/c1-12-10-16(19-13(2)14(3)21(26)28-17(19)11-12)27-15(4)20(25)22-9-7-5-6-8-18(23)24/h10-11,15H,5-9H2,1-4H3,(H,22,25)(H,23,24)/t15-/m0/s1. The van der Waals surface area contributed by atoms with Crippen LogP contribution in [0.5, 0.6) is 5.75 Å². The molecule has 1 aromatic carbocycles. The third-order valence-electron chi connectivity index (χ3n) is 4.70. The molecule has 0 saturated carbocycles. The van der Waals surface area contributed by atoms with Crippen LogP contribution in [0.1, 0.15) is 49.3 Å². The second-order valence-corrected chi connectivity index (χ2v) is 7.03. The van der Waals surface area contributed by atoms with E-state index in [0.29, 0.717) is 41.7 Å². The Hall–Kier alpha value is -2.83. The number of carboxylic acid groups (broad SMARTS) is 1. The van der Waals surface area contributed by atoms with E-state index >= 15 is 0 Å². The number of hydrogen-bond acceptors (Lipinski definition) is 5. The van der Waals surface area contributed by atoms with Crippen molar-refractivity contribution in [3.63, 3.8) is 0 Å². The molecule has 152 valence electrons. The van der Waals surface area contributed by atoms with Gasteiger partial charge < -0.3 is 19.6 Å². The summed E-state index contributed by atoms with van der Waals surface area (Å²) in [5.41, 5.74) is 2.20. The molecule has 2 N–H and O–H groups in total. The minimum atomic E-state index is -0.808. The lowest BCUT2D eigenvalue weighted by atomic mass is 10.0. The van der Waals surface area contributed by atoms with Crippen LogP contribution in [0.15, 0.2) is 21.3 Å². The van der Waals surface area contributed by atoms with Gasteiger partial charge in [-0.2, -0.15) is 0 Å². The highest BCUT2D eigenvalue weighted by Crippen LogP contribution is 2.31. The molecule has 1 aromatic heterocycles. The van der Waals surface area contributed by atoms with Gasteiger partial charge in [-0.1, -0.05) is 6.42 Å². The minimum Gasteiger partial charge on any atom is -0.481 e. The first-order valence-electron chi connectivity index (χ1n) is 9.41. The van der Waals surface area contributed by atoms with Gasteiger partial charge in [0.1, 0.15) is 11.3 Å². The Morgan fingerprint density at radius 2 is 1.86 bits per heavy atom. The molecule has 0 aliphatic carbocycles. The maximum Gasteiger partial charge on any atom is 0.339 e. The number of hydrogen-bond donors (Lipinski definition) is 2. The summed E-state index contributed by atoms with van der Waals surface area (Å²) < 4.78 is 11.3. The van der Waals surface area contributed by atoms with Gasteiger partial charge in [0.2, 0.25) is 0 Å². The molecule has 2 aromatic rings. The van der Waals surface area contributed by atoms with Gasteiger partial charge in [0, 0.05) is 18.5 Å². The quantitative estimate of drug-likeness (QED) is 0.504. The summed E-state index contributed by atoms with van der Waals surface area (Å²) in [7, 11) is 0. The van der Waals surface area contributed by atoms with Crippen LogP contribution in [0.2, 0.25) is 0 Å². The van der Waals surface area contributed by atoms with Gasteiger partial charge in [0.15, 0.2) is 6.10 Å². The number of carbonyl (C=O) groups is 2. The van der Waals surface area contributed by atoms with Gasteiger partial charge >= 0.3 is 11.6 Å². The van der Waals surface area contributed by atoms with Crippen LogP contribution >= 0.6 is 0 Å². The smallest absolute Gasteiger partial charge is 0.339 e. The summed E-state index contributed by atoms with van der Waals surface area (Å²) in [5.74, 6) is -0.555. The predicted octanol–water partition coefficient (Wildman–Crippen LogP) is 3.25. The molecule has 1 atom stereocenters. The van der Waals surface area contributed by atoms with E-state index in [1.54, 1.807) is 19.9 Å². The number of benzene rings is 1. The van der Waals surface area contributed by atoms with Crippen LogP contribution in [0.4, 0.5) is 0 Å². The second-order valence-electron chi connectivity index (χ2n) is 7.03. The van der Waals surface area contributed by atoms with Crippen molar-refractivity contribution in [2.24, 2.45) is 0 Å². The van der Waals surface area contributed by atoms with Crippen LogP contribution in [0.25, 0.3) is 11.0 Å². The molecule has 0 radical (unpaired) electrons. The molecule has 2 rings (SSSR count). The molecule has 0 aliphatic rings. The molecule has 7 nitrogen and oxygen atoms in total. The Bertz CT molecular complexity index is 931. The Morgan fingerprint density at radius 3 is 2.54 bits per heavy atom. The zero-order valence-corrected chi connectivity index (χ0v) is 16.8. The topological polar surface area (TPSA) is 106 Å². The van der Waals surface area contributed by atoms with E-state index in [2.05, 4.69) is 5.32 Å². The van der Waals surface area contributed by atoms with Gasteiger partial charge in [-0.3, -0.25) is 9.59 Å². The number of aryl methyl sites for hydroxylation is 2. The first-order chi connectivity index (χ1) is 13.2. The van der Waals surface area contributed by atoms with Gasteiger partial charge in [-0.25, -0.2) is 4.79 Å². The van der Waals surface area contributed by atoms with E-state index < -0.39 is 12.1 Å². The predicted molar refractivity (Wildman–Crippen MR) is 106 cm³/mol. The van der Waals surface area contributed by atoms with Gasteiger partial charge in [-0.15, -0.1) is 0 Å². The largest absolute Gasteiger partial charge is 0.481 e. The highest BCUT2D eigenvalue weighted by Gasteiger charge is 2.19. The number of nitrogens with one attached hydrogen (secondary N) is 1. The number of ether oxygens (including phenoxy) is 1. The maximum atomic E-state index is 12.3. The SMILES string of the molecule is Cc1cc(O[C@@H](C)C(=O)NCCCCCC(=O)O)c2c(C)c(C)c(=O)oc2c1. The van der Waals surface area contributed by atoms with E-state index in [9.17, 15) is 14.4 Å². The van der Waals surface area contributed by atoms with Gasteiger partial charge in [0.05, 0.1) is 5.39 Å². The van der Waals surface area contributed by atoms with Crippen molar-refractivity contribution in [1.82, 2.24) is 5.32 Å². The minimum absolute atomic E-state index is 0.142. The Balaban J connectivity index is 2.05. The average Bonchev–Trinajstić information content (AvgIpc) is 2.61.